The molecule has 1 saturated heterocycles. The first-order chi connectivity index (χ1) is 16.3. The van der Waals surface area contributed by atoms with Crippen molar-refractivity contribution in [3.05, 3.63) is 60.4 Å². The van der Waals surface area contributed by atoms with Crippen LogP contribution in [0.4, 0.5) is 5.69 Å². The molecule has 0 amide bonds. The Morgan fingerprint density at radius 2 is 1.97 bits per heavy atom. The zero-order valence-electron chi connectivity index (χ0n) is 18.9. The fourth-order valence-corrected chi connectivity index (χ4v) is 5.81. The summed E-state index contributed by atoms with van der Waals surface area (Å²) in [5.74, 6) is 0. The summed E-state index contributed by atoms with van der Waals surface area (Å²) in [5.41, 5.74) is 4.12. The van der Waals surface area contributed by atoms with Crippen molar-refractivity contribution < 1.29 is 23.4 Å². The molecule has 1 atom stereocenters. The fraction of sp³-hybridized carbons (Fsp3) is 0.333. The SMILES string of the molecule is CN1CC=C(c2cn(S(=O)(=O)c3cccc(N4CCC(O)C4)c3)c3cccnc23)CC1.O=CO. The monoisotopic (exact) mass is 484 g/mol. The summed E-state index contributed by atoms with van der Waals surface area (Å²) < 4.78 is 28.7. The van der Waals surface area contributed by atoms with Crippen molar-refractivity contribution in [2.24, 2.45) is 0 Å². The van der Waals surface area contributed by atoms with Crippen LogP contribution in [-0.2, 0) is 14.8 Å². The molecule has 180 valence electrons. The lowest BCUT2D eigenvalue weighted by Gasteiger charge is -2.21. The molecule has 2 aliphatic rings. The van der Waals surface area contributed by atoms with Gasteiger partial charge in [0.25, 0.3) is 16.5 Å². The Balaban J connectivity index is 0.000000868. The number of hydrogen-bond donors (Lipinski definition) is 2. The Bertz CT molecular complexity index is 1320. The van der Waals surface area contributed by atoms with E-state index >= 15 is 0 Å². The summed E-state index contributed by atoms with van der Waals surface area (Å²) in [6.07, 6.45) is 6.76. The Labute approximate surface area is 198 Å². The Morgan fingerprint density at radius 1 is 1.18 bits per heavy atom. The number of β-amino-alcohol motifs (C(OH)–C–C–N with tert-alkyl or cyclic N) is 1. The highest BCUT2D eigenvalue weighted by molar-refractivity contribution is 7.90. The maximum absolute atomic E-state index is 13.7. The molecule has 1 unspecified atom stereocenters. The molecule has 0 radical (unpaired) electrons. The summed E-state index contributed by atoms with van der Waals surface area (Å²) in [6, 6.07) is 10.5. The van der Waals surface area contributed by atoms with Crippen LogP contribution in [0, 0.1) is 0 Å². The van der Waals surface area contributed by atoms with E-state index in [9.17, 15) is 13.5 Å². The molecule has 0 bridgehead atoms. The summed E-state index contributed by atoms with van der Waals surface area (Å²) in [7, 11) is -1.73. The summed E-state index contributed by atoms with van der Waals surface area (Å²) in [4.78, 5) is 17.4. The van der Waals surface area contributed by atoms with Gasteiger partial charge in [-0.2, -0.15) is 0 Å². The predicted octanol–water partition coefficient (Wildman–Crippen LogP) is 2.26. The molecule has 9 nitrogen and oxygen atoms in total. The second kappa shape index (κ2) is 9.96. The molecule has 0 spiro atoms. The van der Waals surface area contributed by atoms with E-state index in [1.165, 1.54) is 3.97 Å². The molecule has 4 heterocycles. The van der Waals surface area contributed by atoms with Crippen LogP contribution in [0.5, 0.6) is 0 Å². The minimum Gasteiger partial charge on any atom is -0.483 e. The quantitative estimate of drug-likeness (QED) is 0.542. The van der Waals surface area contributed by atoms with E-state index < -0.39 is 10.0 Å². The molecule has 0 aliphatic carbocycles. The standard InChI is InChI=1S/C23H26N4O3S.CH2O2/c1-25-11-7-17(8-12-25)21-16-27(22-6-3-10-24-23(21)22)31(29,30)20-5-2-4-18(14-20)26-13-9-19(28)15-26;2-1-3/h2-7,10,14,16,19,28H,8-9,11-13,15H2,1H3;1H,(H,2,3). The molecular formula is C24H28N4O5S. The number of rotatable bonds is 4. The lowest BCUT2D eigenvalue weighted by Crippen LogP contribution is -2.23. The zero-order chi connectivity index (χ0) is 24.3. The molecule has 2 aromatic heterocycles. The predicted molar refractivity (Wildman–Crippen MR) is 130 cm³/mol. The van der Waals surface area contributed by atoms with Crippen molar-refractivity contribution in [2.75, 3.05) is 38.1 Å². The number of likely N-dealkylation sites (N-methyl/N-ethyl adjacent to an activating group) is 1. The highest BCUT2D eigenvalue weighted by Crippen LogP contribution is 2.32. The topological polar surface area (TPSA) is 116 Å². The first-order valence-electron chi connectivity index (χ1n) is 11.1. The molecule has 3 aromatic rings. The Morgan fingerprint density at radius 3 is 2.65 bits per heavy atom. The van der Waals surface area contributed by atoms with Gasteiger partial charge in [-0.3, -0.25) is 9.78 Å². The van der Waals surface area contributed by atoms with Gasteiger partial charge in [0, 0.05) is 49.8 Å². The number of carbonyl (C=O) groups is 1. The summed E-state index contributed by atoms with van der Waals surface area (Å²) in [5, 5.41) is 16.7. The van der Waals surface area contributed by atoms with E-state index in [0.717, 1.165) is 36.3 Å². The highest BCUT2D eigenvalue weighted by Gasteiger charge is 2.26. The molecule has 1 fully saturated rings. The maximum Gasteiger partial charge on any atom is 0.290 e. The summed E-state index contributed by atoms with van der Waals surface area (Å²) in [6.45, 7) is 2.76. The summed E-state index contributed by atoms with van der Waals surface area (Å²) >= 11 is 0. The van der Waals surface area contributed by atoms with Crippen LogP contribution in [0.2, 0.25) is 0 Å². The molecular weight excluding hydrogens is 456 g/mol. The van der Waals surface area contributed by atoms with Crippen LogP contribution in [0.3, 0.4) is 0 Å². The van der Waals surface area contributed by atoms with Crippen LogP contribution in [-0.4, -0.2) is 78.3 Å². The molecule has 34 heavy (non-hydrogen) atoms. The third-order valence-corrected chi connectivity index (χ3v) is 7.86. The molecule has 1 aromatic carbocycles. The van der Waals surface area contributed by atoms with Crippen molar-refractivity contribution in [3.63, 3.8) is 0 Å². The first kappa shape index (κ1) is 23.9. The molecule has 2 aliphatic heterocycles. The van der Waals surface area contributed by atoms with Gasteiger partial charge in [-0.15, -0.1) is 0 Å². The number of fused-ring (bicyclic) bond motifs is 1. The van der Waals surface area contributed by atoms with Crippen molar-refractivity contribution in [2.45, 2.75) is 23.8 Å². The minimum atomic E-state index is -3.81. The van der Waals surface area contributed by atoms with E-state index in [1.54, 1.807) is 42.7 Å². The average Bonchev–Trinajstić information content (AvgIpc) is 3.45. The van der Waals surface area contributed by atoms with Gasteiger partial charge in [-0.1, -0.05) is 12.1 Å². The normalized spacial score (nSPS) is 18.9. The average molecular weight is 485 g/mol. The number of benzene rings is 1. The van der Waals surface area contributed by atoms with Crippen LogP contribution in [0.25, 0.3) is 16.6 Å². The van der Waals surface area contributed by atoms with Crippen molar-refractivity contribution in [3.8, 4) is 0 Å². The van der Waals surface area contributed by atoms with E-state index in [2.05, 4.69) is 23.0 Å². The molecule has 10 heteroatoms. The number of carboxylic acid groups (broad SMARTS) is 1. The number of anilines is 1. The smallest absolute Gasteiger partial charge is 0.290 e. The molecule has 5 rings (SSSR count). The van der Waals surface area contributed by atoms with Gasteiger partial charge >= 0.3 is 0 Å². The van der Waals surface area contributed by atoms with E-state index in [4.69, 9.17) is 9.90 Å². The van der Waals surface area contributed by atoms with Gasteiger partial charge in [-0.05, 0) is 55.8 Å². The number of nitrogens with zero attached hydrogens (tertiary/aromatic N) is 4. The van der Waals surface area contributed by atoms with Gasteiger partial charge in [0.15, 0.2) is 0 Å². The number of aliphatic hydroxyl groups is 1. The van der Waals surface area contributed by atoms with Gasteiger partial charge in [0.2, 0.25) is 0 Å². The van der Waals surface area contributed by atoms with Gasteiger partial charge < -0.3 is 20.0 Å². The van der Waals surface area contributed by atoms with Crippen molar-refractivity contribution >= 4 is 38.8 Å². The number of hydrogen-bond acceptors (Lipinski definition) is 7. The van der Waals surface area contributed by atoms with Gasteiger partial charge in [-0.25, -0.2) is 12.4 Å². The number of pyridine rings is 1. The van der Waals surface area contributed by atoms with Crippen molar-refractivity contribution in [1.82, 2.24) is 13.9 Å². The first-order valence-corrected chi connectivity index (χ1v) is 12.5. The molecule has 0 saturated carbocycles. The lowest BCUT2D eigenvalue weighted by atomic mass is 10.0. The highest BCUT2D eigenvalue weighted by atomic mass is 32.2. The van der Waals surface area contributed by atoms with Gasteiger partial charge in [0.1, 0.15) is 0 Å². The van der Waals surface area contributed by atoms with Crippen LogP contribution in [0.15, 0.2) is 59.8 Å². The van der Waals surface area contributed by atoms with Crippen LogP contribution in [0.1, 0.15) is 18.4 Å². The van der Waals surface area contributed by atoms with Crippen LogP contribution < -0.4 is 4.90 Å². The second-order valence-corrected chi connectivity index (χ2v) is 10.3. The van der Waals surface area contributed by atoms with Crippen LogP contribution >= 0.6 is 0 Å². The number of aliphatic hydroxyl groups excluding tert-OH is 1. The number of aromatic nitrogens is 2. The van der Waals surface area contributed by atoms with E-state index in [-0.39, 0.29) is 17.5 Å². The van der Waals surface area contributed by atoms with E-state index in [1.807, 2.05) is 11.0 Å². The lowest BCUT2D eigenvalue weighted by molar-refractivity contribution is -0.122. The Hall–Kier alpha value is -3.21. The van der Waals surface area contributed by atoms with Gasteiger partial charge in [0.05, 0.1) is 22.0 Å². The fourth-order valence-electron chi connectivity index (χ4n) is 4.41. The maximum atomic E-state index is 13.7. The van der Waals surface area contributed by atoms with Crippen molar-refractivity contribution in [1.29, 1.82) is 0 Å². The second-order valence-electron chi connectivity index (χ2n) is 8.45. The minimum absolute atomic E-state index is 0.232. The zero-order valence-corrected chi connectivity index (χ0v) is 19.7. The Kier molecular flexibility index (Phi) is 7.01. The molecule has 2 N–H and O–H groups in total. The van der Waals surface area contributed by atoms with E-state index in [0.29, 0.717) is 30.5 Å². The largest absolute Gasteiger partial charge is 0.483 e. The third-order valence-electron chi connectivity index (χ3n) is 6.19. The third kappa shape index (κ3) is 4.70.